The molecule has 0 saturated carbocycles. The second-order valence-corrected chi connectivity index (χ2v) is 4.84. The maximum atomic E-state index is 5.81. The van der Waals surface area contributed by atoms with Crippen molar-refractivity contribution in [2.24, 2.45) is 5.84 Å². The average Bonchev–Trinajstić information content (AvgIpc) is 2.91. The van der Waals surface area contributed by atoms with Crippen LogP contribution in [0.2, 0.25) is 5.15 Å². The average molecular weight is 276 g/mol. The Bertz CT molecular complexity index is 586. The van der Waals surface area contributed by atoms with Gasteiger partial charge in [-0.05, 0) is 17.2 Å². The molecule has 0 saturated heterocycles. The van der Waals surface area contributed by atoms with Crippen molar-refractivity contribution in [1.29, 1.82) is 0 Å². The SMILES string of the molecule is NNC(c1ccc(Cl)nc1)c1cccc2c1OCC2. The molecule has 1 aliphatic heterocycles. The zero-order chi connectivity index (χ0) is 13.2. The smallest absolute Gasteiger partial charge is 0.129 e. The predicted molar refractivity (Wildman–Crippen MR) is 74.1 cm³/mol. The van der Waals surface area contributed by atoms with Crippen LogP contribution in [0.25, 0.3) is 0 Å². The molecule has 4 nitrogen and oxygen atoms in total. The van der Waals surface area contributed by atoms with E-state index >= 15 is 0 Å². The molecule has 1 aliphatic rings. The first-order valence-corrected chi connectivity index (χ1v) is 6.49. The molecule has 1 unspecified atom stereocenters. The van der Waals surface area contributed by atoms with E-state index in [1.807, 2.05) is 18.2 Å². The molecule has 0 bridgehead atoms. The summed E-state index contributed by atoms with van der Waals surface area (Å²) in [6.07, 6.45) is 2.67. The van der Waals surface area contributed by atoms with E-state index in [0.29, 0.717) is 5.15 Å². The van der Waals surface area contributed by atoms with E-state index in [0.717, 1.165) is 29.9 Å². The molecule has 0 aliphatic carbocycles. The molecule has 2 aromatic rings. The van der Waals surface area contributed by atoms with Crippen molar-refractivity contribution in [3.8, 4) is 5.75 Å². The monoisotopic (exact) mass is 275 g/mol. The highest BCUT2D eigenvalue weighted by atomic mass is 35.5. The first-order valence-electron chi connectivity index (χ1n) is 6.12. The molecule has 5 heteroatoms. The van der Waals surface area contributed by atoms with Crippen molar-refractivity contribution in [3.63, 3.8) is 0 Å². The Morgan fingerprint density at radius 2 is 2.21 bits per heavy atom. The summed E-state index contributed by atoms with van der Waals surface area (Å²) in [5, 5.41) is 0.467. The topological polar surface area (TPSA) is 60.2 Å². The summed E-state index contributed by atoms with van der Waals surface area (Å²) >= 11 is 5.81. The second-order valence-electron chi connectivity index (χ2n) is 4.45. The first-order chi connectivity index (χ1) is 9.29. The van der Waals surface area contributed by atoms with Crippen LogP contribution in [0.15, 0.2) is 36.5 Å². The number of nitrogens with two attached hydrogens (primary N) is 1. The van der Waals surface area contributed by atoms with Crippen molar-refractivity contribution in [1.82, 2.24) is 10.4 Å². The third-order valence-corrected chi connectivity index (χ3v) is 3.53. The van der Waals surface area contributed by atoms with Gasteiger partial charge in [-0.3, -0.25) is 5.84 Å². The number of pyridine rings is 1. The second kappa shape index (κ2) is 5.17. The largest absolute Gasteiger partial charge is 0.493 e. The van der Waals surface area contributed by atoms with Crippen molar-refractivity contribution >= 4 is 11.6 Å². The lowest BCUT2D eigenvalue weighted by Gasteiger charge is -2.19. The lowest BCUT2D eigenvalue weighted by Crippen LogP contribution is -2.29. The summed E-state index contributed by atoms with van der Waals surface area (Å²) in [5.41, 5.74) is 6.03. The number of aromatic nitrogens is 1. The van der Waals surface area contributed by atoms with Crippen LogP contribution >= 0.6 is 11.6 Å². The molecule has 0 amide bonds. The zero-order valence-electron chi connectivity index (χ0n) is 10.3. The maximum Gasteiger partial charge on any atom is 0.129 e. The van der Waals surface area contributed by atoms with Crippen molar-refractivity contribution in [2.75, 3.05) is 6.61 Å². The molecular formula is C14H14ClN3O. The van der Waals surface area contributed by atoms with Crippen LogP contribution in [-0.2, 0) is 6.42 Å². The molecule has 0 fully saturated rings. The van der Waals surface area contributed by atoms with Gasteiger partial charge >= 0.3 is 0 Å². The molecule has 0 spiro atoms. The molecule has 0 radical (unpaired) electrons. The van der Waals surface area contributed by atoms with Gasteiger partial charge in [-0.15, -0.1) is 0 Å². The number of nitrogens with zero attached hydrogens (tertiary/aromatic N) is 1. The van der Waals surface area contributed by atoms with Gasteiger partial charge < -0.3 is 4.74 Å². The fourth-order valence-corrected chi connectivity index (χ4v) is 2.50. The van der Waals surface area contributed by atoms with Crippen molar-refractivity contribution in [2.45, 2.75) is 12.5 Å². The summed E-state index contributed by atoms with van der Waals surface area (Å²) in [7, 11) is 0. The summed E-state index contributed by atoms with van der Waals surface area (Å²) in [6.45, 7) is 0.725. The van der Waals surface area contributed by atoms with E-state index in [2.05, 4.69) is 16.5 Å². The van der Waals surface area contributed by atoms with E-state index in [1.54, 1.807) is 12.3 Å². The number of hydrogen-bond donors (Lipinski definition) is 2. The molecule has 1 atom stereocenters. The predicted octanol–water partition coefficient (Wildman–Crippen LogP) is 2.22. The maximum absolute atomic E-state index is 5.81. The van der Waals surface area contributed by atoms with Gasteiger partial charge in [0.2, 0.25) is 0 Å². The number of rotatable bonds is 3. The minimum Gasteiger partial charge on any atom is -0.493 e. The minimum absolute atomic E-state index is 0.155. The molecule has 2 heterocycles. The standard InChI is InChI=1S/C14H14ClN3O/c15-12-5-4-10(8-17-12)13(18-16)11-3-1-2-9-6-7-19-14(9)11/h1-5,8,13,18H,6-7,16H2. The zero-order valence-corrected chi connectivity index (χ0v) is 11.0. The number of halogens is 1. The quantitative estimate of drug-likeness (QED) is 0.512. The van der Waals surface area contributed by atoms with E-state index in [1.165, 1.54) is 5.56 Å². The van der Waals surface area contributed by atoms with Gasteiger partial charge in [-0.25, -0.2) is 10.4 Å². The molecule has 98 valence electrons. The van der Waals surface area contributed by atoms with Gasteiger partial charge in [0.25, 0.3) is 0 Å². The van der Waals surface area contributed by atoms with Crippen LogP contribution in [0, 0.1) is 0 Å². The van der Waals surface area contributed by atoms with Gasteiger partial charge in [0.1, 0.15) is 10.9 Å². The Labute approximate surface area is 116 Å². The van der Waals surface area contributed by atoms with Crippen LogP contribution < -0.4 is 16.0 Å². The number of nitrogens with one attached hydrogen (secondary N) is 1. The van der Waals surface area contributed by atoms with Gasteiger partial charge in [0.05, 0.1) is 12.6 Å². The number of hydrogen-bond acceptors (Lipinski definition) is 4. The molecule has 19 heavy (non-hydrogen) atoms. The van der Waals surface area contributed by atoms with Gasteiger partial charge in [0.15, 0.2) is 0 Å². The highest BCUT2D eigenvalue weighted by Crippen LogP contribution is 2.35. The third kappa shape index (κ3) is 2.30. The van der Waals surface area contributed by atoms with E-state index in [-0.39, 0.29) is 6.04 Å². The number of para-hydroxylation sites is 1. The fourth-order valence-electron chi connectivity index (χ4n) is 2.39. The number of ether oxygens (including phenoxy) is 1. The summed E-state index contributed by atoms with van der Waals surface area (Å²) in [6, 6.07) is 9.64. The third-order valence-electron chi connectivity index (χ3n) is 3.31. The Morgan fingerprint density at radius 1 is 1.32 bits per heavy atom. The lowest BCUT2D eigenvalue weighted by molar-refractivity contribution is 0.350. The normalized spacial score (nSPS) is 14.8. The van der Waals surface area contributed by atoms with Gasteiger partial charge in [-0.1, -0.05) is 35.9 Å². The Hall–Kier alpha value is -1.62. The van der Waals surface area contributed by atoms with E-state index in [9.17, 15) is 0 Å². The summed E-state index contributed by atoms with van der Waals surface area (Å²) < 4.78 is 5.72. The minimum atomic E-state index is -0.155. The van der Waals surface area contributed by atoms with Crippen LogP contribution in [0.1, 0.15) is 22.7 Å². The van der Waals surface area contributed by atoms with Crippen molar-refractivity contribution < 1.29 is 4.74 Å². The highest BCUT2D eigenvalue weighted by Gasteiger charge is 2.22. The van der Waals surface area contributed by atoms with Crippen LogP contribution in [0.4, 0.5) is 0 Å². The van der Waals surface area contributed by atoms with Crippen LogP contribution in [0.5, 0.6) is 5.75 Å². The van der Waals surface area contributed by atoms with E-state index < -0.39 is 0 Å². The van der Waals surface area contributed by atoms with Crippen LogP contribution in [0.3, 0.4) is 0 Å². The van der Waals surface area contributed by atoms with Crippen molar-refractivity contribution in [3.05, 3.63) is 58.4 Å². The lowest BCUT2D eigenvalue weighted by atomic mass is 9.97. The molecule has 1 aromatic heterocycles. The molecule has 3 N–H and O–H groups in total. The van der Waals surface area contributed by atoms with E-state index in [4.69, 9.17) is 22.2 Å². The summed E-state index contributed by atoms with van der Waals surface area (Å²) in [4.78, 5) is 4.10. The number of benzene rings is 1. The Morgan fingerprint density at radius 3 is 2.95 bits per heavy atom. The number of fused-ring (bicyclic) bond motifs is 1. The fraction of sp³-hybridized carbons (Fsp3) is 0.214. The number of hydrazine groups is 1. The van der Waals surface area contributed by atoms with Gasteiger partial charge in [0, 0.05) is 18.2 Å². The van der Waals surface area contributed by atoms with Gasteiger partial charge in [-0.2, -0.15) is 0 Å². The Balaban J connectivity index is 2.03. The molecule has 1 aromatic carbocycles. The van der Waals surface area contributed by atoms with Crippen LogP contribution in [-0.4, -0.2) is 11.6 Å². The molecule has 3 rings (SSSR count). The molecular weight excluding hydrogens is 262 g/mol. The Kier molecular flexibility index (Phi) is 3.38. The first kappa shape index (κ1) is 12.4. The highest BCUT2D eigenvalue weighted by molar-refractivity contribution is 6.29. The summed E-state index contributed by atoms with van der Waals surface area (Å²) in [5.74, 6) is 6.63.